The van der Waals surface area contributed by atoms with Gasteiger partial charge in [0.2, 0.25) is 0 Å². The summed E-state index contributed by atoms with van der Waals surface area (Å²) in [6, 6.07) is 7.26. The maximum atomic E-state index is 12.6. The van der Waals surface area contributed by atoms with E-state index in [0.717, 1.165) is 29.7 Å². The Kier molecular flexibility index (Phi) is 6.97. The predicted molar refractivity (Wildman–Crippen MR) is 114 cm³/mol. The Bertz CT molecular complexity index is 843. The molecule has 1 atom stereocenters. The van der Waals surface area contributed by atoms with E-state index in [9.17, 15) is 19.2 Å². The third-order valence-electron chi connectivity index (χ3n) is 6.08. The van der Waals surface area contributed by atoms with Crippen LogP contribution in [0.2, 0.25) is 0 Å². The Morgan fingerprint density at radius 3 is 2.39 bits per heavy atom. The number of esters is 1. The Morgan fingerprint density at radius 2 is 1.81 bits per heavy atom. The molecule has 1 heterocycles. The van der Waals surface area contributed by atoms with Gasteiger partial charge in [-0.3, -0.25) is 19.3 Å². The third kappa shape index (κ3) is 5.06. The first-order valence-corrected chi connectivity index (χ1v) is 10.9. The van der Waals surface area contributed by atoms with Crippen molar-refractivity contribution in [1.82, 2.24) is 15.5 Å². The summed E-state index contributed by atoms with van der Waals surface area (Å²) < 4.78 is 5.04. The van der Waals surface area contributed by atoms with Gasteiger partial charge in [-0.05, 0) is 36.3 Å². The van der Waals surface area contributed by atoms with Crippen LogP contribution in [0.15, 0.2) is 24.3 Å². The number of ether oxygens (including phenoxy) is 1. The zero-order valence-electron chi connectivity index (χ0n) is 18.4. The van der Waals surface area contributed by atoms with E-state index < -0.39 is 36.6 Å². The van der Waals surface area contributed by atoms with E-state index in [2.05, 4.69) is 17.6 Å². The Hall–Kier alpha value is -2.90. The summed E-state index contributed by atoms with van der Waals surface area (Å²) in [4.78, 5) is 50.2. The number of imide groups is 1. The molecule has 0 radical (unpaired) electrons. The average Bonchev–Trinajstić information content (AvgIpc) is 3.31. The van der Waals surface area contributed by atoms with E-state index in [0.29, 0.717) is 12.8 Å². The van der Waals surface area contributed by atoms with Crippen LogP contribution < -0.4 is 10.6 Å². The first-order chi connectivity index (χ1) is 14.8. The van der Waals surface area contributed by atoms with Gasteiger partial charge in [0.15, 0.2) is 6.61 Å². The number of carbonyl (C=O) groups is 4. The lowest BCUT2D eigenvalue weighted by Gasteiger charge is -2.23. The van der Waals surface area contributed by atoms with Crippen LogP contribution in [0.25, 0.3) is 0 Å². The van der Waals surface area contributed by atoms with Crippen LogP contribution in [0, 0.1) is 5.92 Å². The molecule has 1 saturated heterocycles. The summed E-state index contributed by atoms with van der Waals surface area (Å²) >= 11 is 0. The molecule has 1 saturated carbocycles. The highest BCUT2D eigenvalue weighted by molar-refractivity contribution is 6.08. The number of nitrogens with one attached hydrogen (secondary N) is 2. The van der Waals surface area contributed by atoms with Crippen LogP contribution in [0.4, 0.5) is 4.79 Å². The van der Waals surface area contributed by atoms with E-state index in [4.69, 9.17) is 4.74 Å². The maximum absolute atomic E-state index is 12.6. The predicted octanol–water partition coefficient (Wildman–Crippen LogP) is 2.47. The molecule has 1 aromatic carbocycles. The second-order valence-electron chi connectivity index (χ2n) is 8.66. The van der Waals surface area contributed by atoms with Crippen molar-refractivity contribution in [3.8, 4) is 0 Å². The summed E-state index contributed by atoms with van der Waals surface area (Å²) in [6.45, 7) is 5.12. The standard InChI is InChI=1S/C23H31N3O5/c1-4-16-7-9-17(10-8-16)20(15(2)3)24-18(27)14-31-19(28)13-26-21(29)23(25-22(26)30)11-5-6-12-23/h7-10,15,20H,4-6,11-14H2,1-3H3,(H,24,27)(H,25,30)/t20-/m1/s1. The molecular formula is C23H31N3O5. The number of rotatable bonds is 8. The number of carbonyl (C=O) groups excluding carboxylic acids is 4. The van der Waals surface area contributed by atoms with Gasteiger partial charge in [0.05, 0.1) is 6.04 Å². The normalized spacial score (nSPS) is 18.4. The molecule has 1 aliphatic carbocycles. The monoisotopic (exact) mass is 429 g/mol. The largest absolute Gasteiger partial charge is 0.454 e. The van der Waals surface area contributed by atoms with Crippen LogP contribution in [0.3, 0.4) is 0 Å². The van der Waals surface area contributed by atoms with Gasteiger partial charge in [-0.25, -0.2) is 4.79 Å². The van der Waals surface area contributed by atoms with Crippen molar-refractivity contribution in [2.45, 2.75) is 64.5 Å². The van der Waals surface area contributed by atoms with Gasteiger partial charge in [0.25, 0.3) is 11.8 Å². The van der Waals surface area contributed by atoms with Crippen molar-refractivity contribution in [3.05, 3.63) is 35.4 Å². The van der Waals surface area contributed by atoms with E-state index in [1.165, 1.54) is 5.56 Å². The fourth-order valence-electron chi connectivity index (χ4n) is 4.27. The molecule has 3 rings (SSSR count). The summed E-state index contributed by atoms with van der Waals surface area (Å²) in [7, 11) is 0. The van der Waals surface area contributed by atoms with E-state index >= 15 is 0 Å². The first-order valence-electron chi connectivity index (χ1n) is 10.9. The molecule has 0 aromatic heterocycles. The van der Waals surface area contributed by atoms with Gasteiger partial charge in [0, 0.05) is 0 Å². The minimum absolute atomic E-state index is 0.139. The molecule has 2 fully saturated rings. The highest BCUT2D eigenvalue weighted by Gasteiger charge is 2.52. The van der Waals surface area contributed by atoms with Crippen LogP contribution in [0.5, 0.6) is 0 Å². The fraction of sp³-hybridized carbons (Fsp3) is 0.565. The quantitative estimate of drug-likeness (QED) is 0.488. The summed E-state index contributed by atoms with van der Waals surface area (Å²) in [5, 5.41) is 5.61. The van der Waals surface area contributed by atoms with E-state index in [1.54, 1.807) is 0 Å². The van der Waals surface area contributed by atoms with E-state index in [-0.39, 0.29) is 17.9 Å². The molecule has 0 unspecified atom stereocenters. The van der Waals surface area contributed by atoms with Crippen LogP contribution in [-0.4, -0.2) is 47.4 Å². The topological polar surface area (TPSA) is 105 Å². The highest BCUT2D eigenvalue weighted by atomic mass is 16.5. The molecule has 1 aromatic rings. The molecule has 4 amide bonds. The average molecular weight is 430 g/mol. The van der Waals surface area contributed by atoms with Gasteiger partial charge < -0.3 is 15.4 Å². The molecule has 31 heavy (non-hydrogen) atoms. The van der Waals surface area contributed by atoms with Gasteiger partial charge in [-0.15, -0.1) is 0 Å². The summed E-state index contributed by atoms with van der Waals surface area (Å²) in [6.07, 6.45) is 3.83. The van der Waals surface area contributed by atoms with Crippen LogP contribution in [0.1, 0.15) is 63.6 Å². The molecule has 1 aliphatic heterocycles. The molecule has 2 N–H and O–H groups in total. The first kappa shape index (κ1) is 22.8. The number of urea groups is 1. The second-order valence-corrected chi connectivity index (χ2v) is 8.66. The van der Waals surface area contributed by atoms with Gasteiger partial charge >= 0.3 is 12.0 Å². The molecule has 8 nitrogen and oxygen atoms in total. The summed E-state index contributed by atoms with van der Waals surface area (Å²) in [5.41, 5.74) is 1.33. The molecule has 168 valence electrons. The molecule has 0 bridgehead atoms. The van der Waals surface area contributed by atoms with Crippen molar-refractivity contribution in [2.24, 2.45) is 5.92 Å². The Labute approximate surface area is 182 Å². The lowest BCUT2D eigenvalue weighted by Crippen LogP contribution is -2.44. The Morgan fingerprint density at radius 1 is 1.16 bits per heavy atom. The smallest absolute Gasteiger partial charge is 0.326 e. The number of nitrogens with zero attached hydrogens (tertiary/aromatic N) is 1. The van der Waals surface area contributed by atoms with Gasteiger partial charge in [-0.2, -0.15) is 0 Å². The lowest BCUT2D eigenvalue weighted by atomic mass is 9.95. The zero-order valence-corrected chi connectivity index (χ0v) is 18.4. The molecule has 2 aliphatic rings. The van der Waals surface area contributed by atoms with Crippen LogP contribution >= 0.6 is 0 Å². The molecule has 8 heteroatoms. The van der Waals surface area contributed by atoms with Crippen molar-refractivity contribution in [3.63, 3.8) is 0 Å². The molecule has 1 spiro atoms. The van der Waals surface area contributed by atoms with Crippen LogP contribution in [-0.2, 0) is 25.5 Å². The number of amides is 4. The third-order valence-corrected chi connectivity index (χ3v) is 6.08. The van der Waals surface area contributed by atoms with Gasteiger partial charge in [-0.1, -0.05) is 57.9 Å². The second kappa shape index (κ2) is 9.49. The van der Waals surface area contributed by atoms with Crippen molar-refractivity contribution < 1.29 is 23.9 Å². The Balaban J connectivity index is 1.51. The van der Waals surface area contributed by atoms with E-state index in [1.807, 2.05) is 38.1 Å². The van der Waals surface area contributed by atoms with Crippen molar-refractivity contribution in [2.75, 3.05) is 13.2 Å². The number of aryl methyl sites for hydroxylation is 1. The number of benzene rings is 1. The fourth-order valence-corrected chi connectivity index (χ4v) is 4.27. The number of hydrogen-bond acceptors (Lipinski definition) is 5. The minimum atomic E-state index is -0.869. The van der Waals surface area contributed by atoms with Crippen molar-refractivity contribution >= 4 is 23.8 Å². The maximum Gasteiger partial charge on any atom is 0.326 e. The van der Waals surface area contributed by atoms with Crippen molar-refractivity contribution in [1.29, 1.82) is 0 Å². The SMILES string of the molecule is CCc1ccc([C@H](NC(=O)COC(=O)CN2C(=O)NC3(CCCC3)C2=O)C(C)C)cc1. The molecular weight excluding hydrogens is 398 g/mol. The number of hydrogen-bond donors (Lipinski definition) is 2. The minimum Gasteiger partial charge on any atom is -0.454 e. The summed E-state index contributed by atoms with van der Waals surface area (Å²) in [5.74, 6) is -1.47. The van der Waals surface area contributed by atoms with Gasteiger partial charge in [0.1, 0.15) is 12.1 Å². The lowest BCUT2D eigenvalue weighted by molar-refractivity contribution is -0.151. The highest BCUT2D eigenvalue weighted by Crippen LogP contribution is 2.34. The zero-order chi connectivity index (χ0) is 22.6.